The number of carbonyl (C=O) groups is 2. The number of carboxylic acids is 1. The molecule has 1 amide bonds. The van der Waals surface area contributed by atoms with Gasteiger partial charge in [0.05, 0.1) is 4.88 Å². The summed E-state index contributed by atoms with van der Waals surface area (Å²) < 4.78 is 0. The first-order valence-electron chi connectivity index (χ1n) is 5.99. The number of rotatable bonds is 5. The molecule has 18 heavy (non-hydrogen) atoms. The second kappa shape index (κ2) is 6.00. The van der Waals surface area contributed by atoms with Crippen LogP contribution in [-0.2, 0) is 11.2 Å². The SMILES string of the molecule is CCc1sc(C(=O)N[C@H](C(=O)O)C(C)C)cc1C. The van der Waals surface area contributed by atoms with Crippen LogP contribution in [0.4, 0.5) is 0 Å². The molecule has 0 spiro atoms. The van der Waals surface area contributed by atoms with Crippen LogP contribution in [0.2, 0.25) is 0 Å². The van der Waals surface area contributed by atoms with Crippen molar-refractivity contribution in [3.63, 3.8) is 0 Å². The van der Waals surface area contributed by atoms with Crippen molar-refractivity contribution in [2.75, 3.05) is 0 Å². The Morgan fingerprint density at radius 3 is 2.44 bits per heavy atom. The van der Waals surface area contributed by atoms with Gasteiger partial charge in [-0.3, -0.25) is 4.79 Å². The van der Waals surface area contributed by atoms with E-state index in [-0.39, 0.29) is 11.8 Å². The van der Waals surface area contributed by atoms with Crippen molar-refractivity contribution in [1.29, 1.82) is 0 Å². The van der Waals surface area contributed by atoms with E-state index in [2.05, 4.69) is 5.32 Å². The van der Waals surface area contributed by atoms with Gasteiger partial charge in [0.15, 0.2) is 0 Å². The molecule has 1 aromatic heterocycles. The molecule has 1 atom stereocenters. The summed E-state index contributed by atoms with van der Waals surface area (Å²) in [5, 5.41) is 11.6. The number of amides is 1. The Balaban J connectivity index is 2.83. The van der Waals surface area contributed by atoms with Crippen molar-refractivity contribution in [2.45, 2.75) is 40.2 Å². The average Bonchev–Trinajstić information content (AvgIpc) is 2.66. The van der Waals surface area contributed by atoms with Gasteiger partial charge in [0, 0.05) is 4.88 Å². The lowest BCUT2D eigenvalue weighted by atomic mass is 10.0. The zero-order valence-electron chi connectivity index (χ0n) is 11.1. The molecule has 0 unspecified atom stereocenters. The zero-order valence-corrected chi connectivity index (χ0v) is 11.9. The molecule has 2 N–H and O–H groups in total. The quantitative estimate of drug-likeness (QED) is 0.863. The molecule has 0 radical (unpaired) electrons. The Kier molecular flexibility index (Phi) is 4.90. The van der Waals surface area contributed by atoms with Gasteiger partial charge in [-0.05, 0) is 30.9 Å². The predicted molar refractivity (Wildman–Crippen MR) is 72.2 cm³/mol. The minimum atomic E-state index is -0.998. The van der Waals surface area contributed by atoms with Crippen molar-refractivity contribution in [2.24, 2.45) is 5.92 Å². The number of thiophene rings is 1. The number of nitrogens with one attached hydrogen (secondary N) is 1. The van der Waals surface area contributed by atoms with Gasteiger partial charge in [0.1, 0.15) is 6.04 Å². The third kappa shape index (κ3) is 3.32. The van der Waals surface area contributed by atoms with Gasteiger partial charge in [-0.2, -0.15) is 0 Å². The molecule has 0 aromatic carbocycles. The number of carboxylic acid groups (broad SMARTS) is 1. The molecule has 1 heterocycles. The molecule has 0 fully saturated rings. The Hall–Kier alpha value is -1.36. The van der Waals surface area contributed by atoms with Crippen LogP contribution in [0.5, 0.6) is 0 Å². The van der Waals surface area contributed by atoms with Gasteiger partial charge in [0.2, 0.25) is 0 Å². The van der Waals surface area contributed by atoms with Crippen molar-refractivity contribution in [3.05, 3.63) is 21.4 Å². The Bertz CT molecular complexity index is 451. The van der Waals surface area contributed by atoms with Crippen LogP contribution in [-0.4, -0.2) is 23.0 Å². The maximum Gasteiger partial charge on any atom is 0.326 e. The summed E-state index contributed by atoms with van der Waals surface area (Å²) in [6.45, 7) is 7.55. The molecule has 0 saturated heterocycles. The number of aliphatic carboxylic acids is 1. The van der Waals surface area contributed by atoms with Crippen molar-refractivity contribution < 1.29 is 14.7 Å². The second-order valence-electron chi connectivity index (χ2n) is 4.60. The molecule has 0 aliphatic carbocycles. The number of hydrogen-bond acceptors (Lipinski definition) is 3. The number of aryl methyl sites for hydroxylation is 2. The van der Waals surface area contributed by atoms with E-state index < -0.39 is 12.0 Å². The fourth-order valence-electron chi connectivity index (χ4n) is 1.71. The third-order valence-corrected chi connectivity index (χ3v) is 4.17. The lowest BCUT2D eigenvalue weighted by Crippen LogP contribution is -2.44. The number of hydrogen-bond donors (Lipinski definition) is 2. The summed E-state index contributed by atoms with van der Waals surface area (Å²) in [5.74, 6) is -1.44. The maximum absolute atomic E-state index is 12.0. The van der Waals surface area contributed by atoms with Crippen molar-refractivity contribution in [1.82, 2.24) is 5.32 Å². The Morgan fingerprint density at radius 2 is 2.06 bits per heavy atom. The van der Waals surface area contributed by atoms with Crippen molar-refractivity contribution in [3.8, 4) is 0 Å². The van der Waals surface area contributed by atoms with E-state index in [4.69, 9.17) is 5.11 Å². The normalized spacial score (nSPS) is 12.5. The molecule has 1 aromatic rings. The molecule has 100 valence electrons. The molecule has 0 aliphatic heterocycles. The zero-order chi connectivity index (χ0) is 13.9. The number of carbonyl (C=O) groups excluding carboxylic acids is 1. The fourth-order valence-corrected chi connectivity index (χ4v) is 2.73. The van der Waals surface area contributed by atoms with E-state index in [1.165, 1.54) is 11.3 Å². The highest BCUT2D eigenvalue weighted by molar-refractivity contribution is 7.14. The minimum absolute atomic E-state index is 0.141. The van der Waals surface area contributed by atoms with E-state index in [0.717, 1.165) is 16.9 Å². The highest BCUT2D eigenvalue weighted by Crippen LogP contribution is 2.22. The van der Waals surface area contributed by atoms with Gasteiger partial charge in [-0.1, -0.05) is 20.8 Å². The van der Waals surface area contributed by atoms with Gasteiger partial charge in [-0.25, -0.2) is 4.79 Å². The average molecular weight is 269 g/mol. The molecule has 0 aliphatic rings. The van der Waals surface area contributed by atoms with Crippen LogP contribution in [0, 0.1) is 12.8 Å². The van der Waals surface area contributed by atoms with Crippen LogP contribution in [0.1, 0.15) is 40.9 Å². The van der Waals surface area contributed by atoms with Crippen molar-refractivity contribution >= 4 is 23.2 Å². The summed E-state index contributed by atoms with van der Waals surface area (Å²) in [6, 6.07) is 0.975. The molecular weight excluding hydrogens is 250 g/mol. The first-order valence-corrected chi connectivity index (χ1v) is 6.81. The standard InChI is InChI=1S/C13H19NO3S/c1-5-9-8(4)6-10(18-9)12(15)14-11(7(2)3)13(16)17/h6-7,11H,5H2,1-4H3,(H,14,15)(H,16,17)/t11-/m0/s1. The monoisotopic (exact) mass is 269 g/mol. The summed E-state index contributed by atoms with van der Waals surface area (Å²) >= 11 is 1.43. The summed E-state index contributed by atoms with van der Waals surface area (Å²) in [4.78, 5) is 24.7. The minimum Gasteiger partial charge on any atom is -0.480 e. The van der Waals surface area contributed by atoms with Gasteiger partial charge >= 0.3 is 5.97 Å². The lowest BCUT2D eigenvalue weighted by molar-refractivity contribution is -0.140. The van der Waals surface area contributed by atoms with Crippen LogP contribution in [0.3, 0.4) is 0 Å². The highest BCUT2D eigenvalue weighted by atomic mass is 32.1. The molecule has 0 bridgehead atoms. The first kappa shape index (κ1) is 14.7. The largest absolute Gasteiger partial charge is 0.480 e. The summed E-state index contributed by atoms with van der Waals surface area (Å²) in [5.41, 5.74) is 1.09. The summed E-state index contributed by atoms with van der Waals surface area (Å²) in [7, 11) is 0. The van der Waals surface area contributed by atoms with E-state index in [0.29, 0.717) is 4.88 Å². The second-order valence-corrected chi connectivity index (χ2v) is 5.74. The van der Waals surface area contributed by atoms with Crippen LogP contribution in [0.25, 0.3) is 0 Å². The molecular formula is C13H19NO3S. The van der Waals surface area contributed by atoms with E-state index in [9.17, 15) is 9.59 Å². The predicted octanol–water partition coefficient (Wildman–Crippen LogP) is 2.46. The Labute approximate surface area is 111 Å². The topological polar surface area (TPSA) is 66.4 Å². The van der Waals surface area contributed by atoms with Gasteiger partial charge in [0.25, 0.3) is 5.91 Å². The first-order chi connectivity index (χ1) is 8.36. The van der Waals surface area contributed by atoms with Crippen LogP contribution < -0.4 is 5.32 Å². The van der Waals surface area contributed by atoms with Gasteiger partial charge in [-0.15, -0.1) is 11.3 Å². The third-order valence-electron chi connectivity index (χ3n) is 2.78. The Morgan fingerprint density at radius 1 is 1.44 bits per heavy atom. The van der Waals surface area contributed by atoms with Crippen LogP contribution >= 0.6 is 11.3 Å². The smallest absolute Gasteiger partial charge is 0.326 e. The molecule has 1 rings (SSSR count). The van der Waals surface area contributed by atoms with E-state index >= 15 is 0 Å². The van der Waals surface area contributed by atoms with Gasteiger partial charge < -0.3 is 10.4 Å². The lowest BCUT2D eigenvalue weighted by Gasteiger charge is -2.17. The molecule has 0 saturated carbocycles. The van der Waals surface area contributed by atoms with E-state index in [1.807, 2.05) is 19.9 Å². The summed E-state index contributed by atoms with van der Waals surface area (Å²) in [6.07, 6.45) is 0.885. The van der Waals surface area contributed by atoms with E-state index in [1.54, 1.807) is 13.8 Å². The molecule has 4 nitrogen and oxygen atoms in total. The molecule has 5 heteroatoms. The highest BCUT2D eigenvalue weighted by Gasteiger charge is 2.24. The van der Waals surface area contributed by atoms with Crippen LogP contribution in [0.15, 0.2) is 6.07 Å². The fraction of sp³-hybridized carbons (Fsp3) is 0.538. The maximum atomic E-state index is 12.0.